The average Bonchev–Trinajstić information content (AvgIpc) is 2.43. The molecular weight excluding hydrogens is 258 g/mol. The first-order valence-corrected chi connectivity index (χ1v) is 6.66. The number of rotatable bonds is 8. The maximum atomic E-state index is 11.8. The highest BCUT2D eigenvalue weighted by molar-refractivity contribution is 5.79. The number of hydrogen-bond acceptors (Lipinski definition) is 3. The fourth-order valence-corrected chi connectivity index (χ4v) is 1.84. The quantitative estimate of drug-likeness (QED) is 0.712. The zero-order chi connectivity index (χ0) is 15.0. The van der Waals surface area contributed by atoms with Gasteiger partial charge in [-0.1, -0.05) is 25.1 Å². The van der Waals surface area contributed by atoms with E-state index in [-0.39, 0.29) is 18.2 Å². The molecule has 0 aliphatic carbocycles. The number of aliphatic carboxylic acids is 1. The molecule has 5 heteroatoms. The normalized spacial score (nSPS) is 11.7. The van der Waals surface area contributed by atoms with Crippen molar-refractivity contribution in [3.05, 3.63) is 29.8 Å². The number of para-hydroxylation sites is 1. The Hall–Kier alpha value is -2.04. The molecule has 0 heterocycles. The molecule has 0 radical (unpaired) electrons. The molecule has 0 saturated heterocycles. The molecule has 0 bridgehead atoms. The van der Waals surface area contributed by atoms with E-state index in [1.807, 2.05) is 24.3 Å². The second kappa shape index (κ2) is 8.19. The highest BCUT2D eigenvalue weighted by atomic mass is 16.5. The van der Waals surface area contributed by atoms with Gasteiger partial charge in [-0.05, 0) is 18.9 Å². The molecule has 1 atom stereocenters. The van der Waals surface area contributed by atoms with Gasteiger partial charge in [0, 0.05) is 12.1 Å². The van der Waals surface area contributed by atoms with Crippen LogP contribution in [0.15, 0.2) is 24.3 Å². The lowest BCUT2D eigenvalue weighted by Crippen LogP contribution is -2.26. The van der Waals surface area contributed by atoms with Crippen molar-refractivity contribution >= 4 is 11.9 Å². The van der Waals surface area contributed by atoms with Crippen LogP contribution in [0.4, 0.5) is 0 Å². The molecule has 0 aromatic heterocycles. The number of amides is 1. The van der Waals surface area contributed by atoms with Gasteiger partial charge in [0.2, 0.25) is 5.91 Å². The Bertz CT molecular complexity index is 459. The Kier molecular flexibility index (Phi) is 6.56. The lowest BCUT2D eigenvalue weighted by molar-refractivity contribution is -0.141. The number of carboxylic acid groups (broad SMARTS) is 1. The molecule has 1 aromatic rings. The van der Waals surface area contributed by atoms with E-state index in [1.54, 1.807) is 14.0 Å². The number of carboxylic acids is 1. The third kappa shape index (κ3) is 5.30. The highest BCUT2D eigenvalue weighted by Gasteiger charge is 2.11. The summed E-state index contributed by atoms with van der Waals surface area (Å²) in [5.41, 5.74) is 0.839. The van der Waals surface area contributed by atoms with Crippen LogP contribution in [0.25, 0.3) is 0 Å². The van der Waals surface area contributed by atoms with Gasteiger partial charge in [-0.15, -0.1) is 0 Å². The molecule has 5 nitrogen and oxygen atoms in total. The maximum Gasteiger partial charge on any atom is 0.306 e. The molecule has 1 amide bonds. The first-order valence-electron chi connectivity index (χ1n) is 6.66. The maximum absolute atomic E-state index is 11.8. The molecule has 0 saturated carbocycles. The van der Waals surface area contributed by atoms with E-state index in [4.69, 9.17) is 9.84 Å². The SMILES string of the molecule is COc1ccccc1CC(=O)NCCCC(C)C(=O)O. The lowest BCUT2D eigenvalue weighted by Gasteiger charge is -2.09. The topological polar surface area (TPSA) is 75.6 Å². The van der Waals surface area contributed by atoms with Gasteiger partial charge in [0.1, 0.15) is 5.75 Å². The van der Waals surface area contributed by atoms with Crippen LogP contribution in [0.1, 0.15) is 25.3 Å². The number of nitrogens with one attached hydrogen (secondary N) is 1. The Labute approximate surface area is 118 Å². The monoisotopic (exact) mass is 279 g/mol. The summed E-state index contributed by atoms with van der Waals surface area (Å²) < 4.78 is 5.18. The van der Waals surface area contributed by atoms with Gasteiger partial charge in [0.15, 0.2) is 0 Å². The highest BCUT2D eigenvalue weighted by Crippen LogP contribution is 2.17. The molecule has 20 heavy (non-hydrogen) atoms. The number of carbonyl (C=O) groups excluding carboxylic acids is 1. The number of hydrogen-bond donors (Lipinski definition) is 2. The first kappa shape index (κ1) is 16.0. The van der Waals surface area contributed by atoms with Crippen molar-refractivity contribution in [3.8, 4) is 5.75 Å². The third-order valence-electron chi connectivity index (χ3n) is 3.10. The van der Waals surface area contributed by atoms with Crippen molar-refractivity contribution in [2.45, 2.75) is 26.2 Å². The Balaban J connectivity index is 2.32. The summed E-state index contributed by atoms with van der Waals surface area (Å²) in [6, 6.07) is 7.38. The largest absolute Gasteiger partial charge is 0.496 e. The van der Waals surface area contributed by atoms with E-state index >= 15 is 0 Å². The summed E-state index contributed by atoms with van der Waals surface area (Å²) in [6.07, 6.45) is 1.48. The van der Waals surface area contributed by atoms with Crippen LogP contribution in [0.5, 0.6) is 5.75 Å². The summed E-state index contributed by atoms with van der Waals surface area (Å²) >= 11 is 0. The predicted molar refractivity (Wildman–Crippen MR) is 75.7 cm³/mol. The van der Waals surface area contributed by atoms with E-state index in [1.165, 1.54) is 0 Å². The van der Waals surface area contributed by atoms with Gasteiger partial charge < -0.3 is 15.2 Å². The minimum atomic E-state index is -0.801. The van der Waals surface area contributed by atoms with Crippen molar-refractivity contribution in [1.82, 2.24) is 5.32 Å². The van der Waals surface area contributed by atoms with Gasteiger partial charge in [0.25, 0.3) is 0 Å². The molecule has 2 N–H and O–H groups in total. The Morgan fingerprint density at radius 2 is 2.05 bits per heavy atom. The van der Waals surface area contributed by atoms with E-state index < -0.39 is 5.97 Å². The fourth-order valence-electron chi connectivity index (χ4n) is 1.84. The second-order valence-corrected chi connectivity index (χ2v) is 4.72. The van der Waals surface area contributed by atoms with Crippen LogP contribution in [0.3, 0.4) is 0 Å². The van der Waals surface area contributed by atoms with Crippen LogP contribution in [-0.2, 0) is 16.0 Å². The van der Waals surface area contributed by atoms with E-state index in [0.29, 0.717) is 25.1 Å². The number of methoxy groups -OCH3 is 1. The molecule has 1 rings (SSSR count). The summed E-state index contributed by atoms with van der Waals surface area (Å²) in [5, 5.41) is 11.5. The molecule has 110 valence electrons. The fraction of sp³-hybridized carbons (Fsp3) is 0.467. The van der Waals surface area contributed by atoms with Crippen molar-refractivity contribution in [3.63, 3.8) is 0 Å². The van der Waals surface area contributed by atoms with Gasteiger partial charge in [-0.25, -0.2) is 0 Å². The number of benzene rings is 1. The van der Waals surface area contributed by atoms with Crippen molar-refractivity contribution in [2.24, 2.45) is 5.92 Å². The Morgan fingerprint density at radius 3 is 2.70 bits per heavy atom. The van der Waals surface area contributed by atoms with Gasteiger partial charge in [-0.3, -0.25) is 9.59 Å². The van der Waals surface area contributed by atoms with Gasteiger partial charge in [-0.2, -0.15) is 0 Å². The first-order chi connectivity index (χ1) is 9.54. The zero-order valence-corrected chi connectivity index (χ0v) is 11.9. The van der Waals surface area contributed by atoms with Crippen LogP contribution in [0.2, 0.25) is 0 Å². The summed E-state index contributed by atoms with van der Waals surface area (Å²) in [7, 11) is 1.57. The zero-order valence-electron chi connectivity index (χ0n) is 11.9. The molecule has 0 spiro atoms. The van der Waals surface area contributed by atoms with Crippen molar-refractivity contribution in [2.75, 3.05) is 13.7 Å². The van der Waals surface area contributed by atoms with Crippen molar-refractivity contribution in [1.29, 1.82) is 0 Å². The summed E-state index contributed by atoms with van der Waals surface area (Å²) in [5.74, 6) is -0.564. The molecule has 0 aliphatic rings. The van der Waals surface area contributed by atoms with Crippen LogP contribution < -0.4 is 10.1 Å². The van der Waals surface area contributed by atoms with Gasteiger partial charge in [0.05, 0.1) is 19.4 Å². The lowest BCUT2D eigenvalue weighted by atomic mass is 10.1. The minimum absolute atomic E-state index is 0.0857. The van der Waals surface area contributed by atoms with E-state index in [9.17, 15) is 9.59 Å². The van der Waals surface area contributed by atoms with Crippen LogP contribution in [-0.4, -0.2) is 30.6 Å². The molecular formula is C15H21NO4. The standard InChI is InChI=1S/C15H21NO4/c1-11(15(18)19)6-5-9-16-14(17)10-12-7-3-4-8-13(12)20-2/h3-4,7-8,11H,5-6,9-10H2,1-2H3,(H,16,17)(H,18,19). The summed E-state index contributed by atoms with van der Waals surface area (Å²) in [4.78, 5) is 22.4. The smallest absolute Gasteiger partial charge is 0.306 e. The number of carbonyl (C=O) groups is 2. The average molecular weight is 279 g/mol. The predicted octanol–water partition coefficient (Wildman–Crippen LogP) is 1.85. The minimum Gasteiger partial charge on any atom is -0.496 e. The molecule has 0 fully saturated rings. The summed E-state index contributed by atoms with van der Waals surface area (Å²) in [6.45, 7) is 2.16. The van der Waals surface area contributed by atoms with Gasteiger partial charge >= 0.3 is 5.97 Å². The van der Waals surface area contributed by atoms with E-state index in [0.717, 1.165) is 5.56 Å². The van der Waals surface area contributed by atoms with Crippen molar-refractivity contribution < 1.29 is 19.4 Å². The van der Waals surface area contributed by atoms with Crippen LogP contribution in [0, 0.1) is 5.92 Å². The van der Waals surface area contributed by atoms with E-state index in [2.05, 4.69) is 5.32 Å². The third-order valence-corrected chi connectivity index (χ3v) is 3.10. The molecule has 1 aromatic carbocycles. The second-order valence-electron chi connectivity index (χ2n) is 4.72. The number of ether oxygens (including phenoxy) is 1. The Morgan fingerprint density at radius 1 is 1.35 bits per heavy atom. The molecule has 1 unspecified atom stereocenters. The van der Waals surface area contributed by atoms with Crippen LogP contribution >= 0.6 is 0 Å². The molecule has 0 aliphatic heterocycles.